The molecule has 17 heavy (non-hydrogen) atoms. The molecule has 3 nitrogen and oxygen atoms in total. The molecular formula is C14H20N2O. The molecule has 0 spiro atoms. The largest absolute Gasteiger partial charge is 0.352 e. The lowest BCUT2D eigenvalue weighted by molar-refractivity contribution is 0.0952. The molecule has 2 N–H and O–H groups in total. The molecule has 1 atom stereocenters. The zero-order valence-corrected chi connectivity index (χ0v) is 10.3. The van der Waals surface area contributed by atoms with Gasteiger partial charge in [-0.25, -0.2) is 0 Å². The van der Waals surface area contributed by atoms with Gasteiger partial charge < -0.3 is 10.6 Å². The third-order valence-electron chi connectivity index (χ3n) is 3.25. The quantitative estimate of drug-likeness (QED) is 0.832. The molecule has 1 aromatic carbocycles. The summed E-state index contributed by atoms with van der Waals surface area (Å²) in [5, 5.41) is 6.39. The van der Waals surface area contributed by atoms with Crippen molar-refractivity contribution >= 4 is 5.91 Å². The van der Waals surface area contributed by atoms with E-state index in [1.54, 1.807) is 0 Å². The van der Waals surface area contributed by atoms with Crippen LogP contribution in [0.3, 0.4) is 0 Å². The van der Waals surface area contributed by atoms with Crippen molar-refractivity contribution in [2.24, 2.45) is 0 Å². The summed E-state index contributed by atoms with van der Waals surface area (Å²) in [7, 11) is 0. The molecule has 0 aromatic heterocycles. The molecule has 1 saturated heterocycles. The van der Waals surface area contributed by atoms with Crippen LogP contribution in [-0.4, -0.2) is 25.0 Å². The summed E-state index contributed by atoms with van der Waals surface area (Å²) in [6, 6.07) is 8.27. The summed E-state index contributed by atoms with van der Waals surface area (Å²) in [5.74, 6) is 0.0306. The van der Waals surface area contributed by atoms with Crippen LogP contribution < -0.4 is 10.6 Å². The molecule has 0 saturated carbocycles. The number of rotatable bonds is 4. The summed E-state index contributed by atoms with van der Waals surface area (Å²) in [6.07, 6.45) is 3.52. The Morgan fingerprint density at radius 2 is 2.18 bits per heavy atom. The van der Waals surface area contributed by atoms with Crippen molar-refractivity contribution in [3.63, 3.8) is 0 Å². The summed E-state index contributed by atoms with van der Waals surface area (Å²) >= 11 is 0. The van der Waals surface area contributed by atoms with Crippen molar-refractivity contribution in [2.75, 3.05) is 13.1 Å². The van der Waals surface area contributed by atoms with E-state index in [0.29, 0.717) is 6.04 Å². The van der Waals surface area contributed by atoms with Crippen LogP contribution in [0.1, 0.15) is 35.2 Å². The zero-order valence-electron chi connectivity index (χ0n) is 10.3. The number of benzene rings is 1. The lowest BCUT2D eigenvalue weighted by Crippen LogP contribution is -2.30. The van der Waals surface area contributed by atoms with E-state index in [4.69, 9.17) is 0 Å². The third kappa shape index (κ3) is 3.56. The highest BCUT2D eigenvalue weighted by atomic mass is 16.1. The van der Waals surface area contributed by atoms with Gasteiger partial charge in [-0.1, -0.05) is 17.7 Å². The number of aryl methyl sites for hydroxylation is 1. The number of hydrogen-bond acceptors (Lipinski definition) is 2. The van der Waals surface area contributed by atoms with E-state index in [-0.39, 0.29) is 5.91 Å². The fourth-order valence-electron chi connectivity index (χ4n) is 2.17. The minimum atomic E-state index is 0.0306. The molecule has 2 rings (SSSR count). The van der Waals surface area contributed by atoms with Gasteiger partial charge in [0.15, 0.2) is 0 Å². The number of nitrogens with one attached hydrogen (secondary N) is 2. The molecule has 1 unspecified atom stereocenters. The molecule has 0 bridgehead atoms. The number of carbonyl (C=O) groups is 1. The number of amides is 1. The topological polar surface area (TPSA) is 41.1 Å². The Hall–Kier alpha value is -1.35. The van der Waals surface area contributed by atoms with Gasteiger partial charge in [0.2, 0.25) is 0 Å². The average molecular weight is 232 g/mol. The molecule has 1 aliphatic rings. The van der Waals surface area contributed by atoms with Crippen LogP contribution in [-0.2, 0) is 0 Å². The number of carbonyl (C=O) groups excluding carboxylic acids is 1. The molecule has 1 aliphatic heterocycles. The van der Waals surface area contributed by atoms with Gasteiger partial charge in [-0.05, 0) is 44.9 Å². The van der Waals surface area contributed by atoms with Gasteiger partial charge in [-0.2, -0.15) is 0 Å². The highest BCUT2D eigenvalue weighted by Gasteiger charge is 2.13. The van der Waals surface area contributed by atoms with Gasteiger partial charge in [0.05, 0.1) is 0 Å². The minimum Gasteiger partial charge on any atom is -0.352 e. The van der Waals surface area contributed by atoms with E-state index >= 15 is 0 Å². The molecule has 1 aromatic rings. The Bertz CT molecular complexity index is 366. The molecule has 1 amide bonds. The minimum absolute atomic E-state index is 0.0306. The third-order valence-corrected chi connectivity index (χ3v) is 3.25. The Labute approximate surface area is 103 Å². The van der Waals surface area contributed by atoms with E-state index in [1.165, 1.54) is 18.4 Å². The van der Waals surface area contributed by atoms with Crippen LogP contribution in [0.2, 0.25) is 0 Å². The molecule has 1 fully saturated rings. The lowest BCUT2D eigenvalue weighted by atomic mass is 10.1. The van der Waals surface area contributed by atoms with Gasteiger partial charge in [0.25, 0.3) is 5.91 Å². The predicted molar refractivity (Wildman–Crippen MR) is 69.2 cm³/mol. The maximum absolute atomic E-state index is 11.8. The molecule has 92 valence electrons. The van der Waals surface area contributed by atoms with E-state index in [0.717, 1.165) is 25.1 Å². The zero-order chi connectivity index (χ0) is 12.1. The van der Waals surface area contributed by atoms with Crippen molar-refractivity contribution in [3.8, 4) is 0 Å². The van der Waals surface area contributed by atoms with Gasteiger partial charge >= 0.3 is 0 Å². The fourth-order valence-corrected chi connectivity index (χ4v) is 2.17. The second kappa shape index (κ2) is 5.82. The van der Waals surface area contributed by atoms with Crippen LogP contribution in [0.15, 0.2) is 24.3 Å². The van der Waals surface area contributed by atoms with E-state index in [9.17, 15) is 4.79 Å². The maximum Gasteiger partial charge on any atom is 0.251 e. The highest BCUT2D eigenvalue weighted by Crippen LogP contribution is 2.08. The van der Waals surface area contributed by atoms with E-state index < -0.39 is 0 Å². The smallest absolute Gasteiger partial charge is 0.251 e. The van der Waals surface area contributed by atoms with Crippen LogP contribution in [0.5, 0.6) is 0 Å². The first-order valence-electron chi connectivity index (χ1n) is 6.34. The summed E-state index contributed by atoms with van der Waals surface area (Å²) < 4.78 is 0. The lowest BCUT2D eigenvalue weighted by Gasteiger charge is -2.10. The van der Waals surface area contributed by atoms with Crippen LogP contribution in [0.25, 0.3) is 0 Å². The standard InChI is InChI=1S/C14H20N2O/c1-11-4-6-12(7-5-11)14(17)16-10-8-13-3-2-9-15-13/h4-7,13,15H,2-3,8-10H2,1H3,(H,16,17). The Balaban J connectivity index is 1.75. The second-order valence-electron chi connectivity index (χ2n) is 4.70. The SMILES string of the molecule is Cc1ccc(C(=O)NCCC2CCCN2)cc1. The average Bonchev–Trinajstić information content (AvgIpc) is 2.83. The van der Waals surface area contributed by atoms with E-state index in [2.05, 4.69) is 10.6 Å². The monoisotopic (exact) mass is 232 g/mol. The number of hydrogen-bond donors (Lipinski definition) is 2. The van der Waals surface area contributed by atoms with Crippen LogP contribution in [0, 0.1) is 6.92 Å². The first kappa shape index (κ1) is 12.1. The fraction of sp³-hybridized carbons (Fsp3) is 0.500. The van der Waals surface area contributed by atoms with Crippen molar-refractivity contribution in [2.45, 2.75) is 32.2 Å². The Morgan fingerprint density at radius 3 is 2.82 bits per heavy atom. The highest BCUT2D eigenvalue weighted by molar-refractivity contribution is 5.94. The van der Waals surface area contributed by atoms with Crippen molar-refractivity contribution in [3.05, 3.63) is 35.4 Å². The Kier molecular flexibility index (Phi) is 4.15. The molecule has 1 heterocycles. The molecule has 0 aliphatic carbocycles. The molecule has 0 radical (unpaired) electrons. The predicted octanol–water partition coefficient (Wildman–Crippen LogP) is 1.87. The first-order chi connectivity index (χ1) is 8.25. The second-order valence-corrected chi connectivity index (χ2v) is 4.70. The summed E-state index contributed by atoms with van der Waals surface area (Å²) in [6.45, 7) is 3.90. The molecular weight excluding hydrogens is 212 g/mol. The van der Waals surface area contributed by atoms with Gasteiger partial charge in [0.1, 0.15) is 0 Å². The normalized spacial score (nSPS) is 19.2. The van der Waals surface area contributed by atoms with Crippen LogP contribution in [0.4, 0.5) is 0 Å². The Morgan fingerprint density at radius 1 is 1.41 bits per heavy atom. The molecule has 3 heteroatoms. The van der Waals surface area contributed by atoms with Gasteiger partial charge in [-0.3, -0.25) is 4.79 Å². The summed E-state index contributed by atoms with van der Waals surface area (Å²) in [4.78, 5) is 11.8. The summed E-state index contributed by atoms with van der Waals surface area (Å²) in [5.41, 5.74) is 1.92. The van der Waals surface area contributed by atoms with Gasteiger partial charge in [0, 0.05) is 18.2 Å². The van der Waals surface area contributed by atoms with Crippen LogP contribution >= 0.6 is 0 Å². The van der Waals surface area contributed by atoms with Crippen molar-refractivity contribution in [1.82, 2.24) is 10.6 Å². The van der Waals surface area contributed by atoms with Gasteiger partial charge in [-0.15, -0.1) is 0 Å². The first-order valence-corrected chi connectivity index (χ1v) is 6.34. The maximum atomic E-state index is 11.8. The van der Waals surface area contributed by atoms with Crippen molar-refractivity contribution in [1.29, 1.82) is 0 Å². The van der Waals surface area contributed by atoms with Crippen molar-refractivity contribution < 1.29 is 4.79 Å². The van der Waals surface area contributed by atoms with E-state index in [1.807, 2.05) is 31.2 Å².